The second-order valence-corrected chi connectivity index (χ2v) is 9.47. The van der Waals surface area contributed by atoms with Crippen LogP contribution in [-0.2, 0) is 19.5 Å². The van der Waals surface area contributed by atoms with Gasteiger partial charge in [-0.3, -0.25) is 4.90 Å². The highest BCUT2D eigenvalue weighted by molar-refractivity contribution is 5.83. The molecule has 0 spiro atoms. The van der Waals surface area contributed by atoms with Gasteiger partial charge in [0.1, 0.15) is 5.82 Å². The van der Waals surface area contributed by atoms with Gasteiger partial charge in [0, 0.05) is 52.4 Å². The summed E-state index contributed by atoms with van der Waals surface area (Å²) in [5.74, 6) is -0.187. The Morgan fingerprint density at radius 3 is 2.44 bits per heavy atom. The van der Waals surface area contributed by atoms with E-state index in [1.54, 1.807) is 6.07 Å². The number of carbonyl (C=O) groups excluding carboxylic acids is 1. The molecule has 6 heteroatoms. The minimum atomic E-state index is -0.187. The summed E-state index contributed by atoms with van der Waals surface area (Å²) in [6.07, 6.45) is 1.91. The number of amides is 2. The van der Waals surface area contributed by atoms with E-state index in [0.29, 0.717) is 6.54 Å². The number of urea groups is 1. The van der Waals surface area contributed by atoms with Gasteiger partial charge in [-0.25, -0.2) is 9.18 Å². The van der Waals surface area contributed by atoms with Gasteiger partial charge in [-0.15, -0.1) is 0 Å². The number of nitrogens with zero attached hydrogens (tertiary/aromatic N) is 3. The van der Waals surface area contributed by atoms with Crippen molar-refractivity contribution in [3.63, 3.8) is 0 Å². The molecule has 34 heavy (non-hydrogen) atoms. The van der Waals surface area contributed by atoms with E-state index >= 15 is 0 Å². The van der Waals surface area contributed by atoms with Crippen LogP contribution in [0.5, 0.6) is 0 Å². The van der Waals surface area contributed by atoms with Gasteiger partial charge in [0.2, 0.25) is 0 Å². The third kappa shape index (κ3) is 5.57. The lowest BCUT2D eigenvalue weighted by molar-refractivity contribution is 0.126. The molecule has 0 atom stereocenters. The van der Waals surface area contributed by atoms with Gasteiger partial charge in [-0.1, -0.05) is 42.5 Å². The molecule has 2 aliphatic heterocycles. The molecule has 5 nitrogen and oxygen atoms in total. The summed E-state index contributed by atoms with van der Waals surface area (Å²) in [7, 11) is 0. The second-order valence-electron chi connectivity index (χ2n) is 9.47. The summed E-state index contributed by atoms with van der Waals surface area (Å²) in [5.41, 5.74) is 3.90. The van der Waals surface area contributed by atoms with E-state index in [0.717, 1.165) is 76.0 Å². The van der Waals surface area contributed by atoms with Crippen molar-refractivity contribution in [3.05, 3.63) is 83.2 Å². The normalized spacial score (nSPS) is 17.0. The summed E-state index contributed by atoms with van der Waals surface area (Å²) < 4.78 is 13.4. The Balaban J connectivity index is 1.00. The summed E-state index contributed by atoms with van der Waals surface area (Å²) in [6, 6.07) is 19.7. The largest absolute Gasteiger partial charge is 0.338 e. The van der Waals surface area contributed by atoms with E-state index in [9.17, 15) is 9.18 Å². The minimum Gasteiger partial charge on any atom is -0.338 e. The molecule has 0 saturated carbocycles. The highest BCUT2D eigenvalue weighted by Crippen LogP contribution is 2.20. The first-order valence-electron chi connectivity index (χ1n) is 12.4. The van der Waals surface area contributed by atoms with Crippen LogP contribution in [0.4, 0.5) is 9.18 Å². The Labute approximate surface area is 201 Å². The maximum absolute atomic E-state index is 13.4. The number of piperazine rings is 1. The van der Waals surface area contributed by atoms with Crippen molar-refractivity contribution in [3.8, 4) is 0 Å². The van der Waals surface area contributed by atoms with Crippen LogP contribution >= 0.6 is 0 Å². The molecular formula is C28H33FN4O. The van der Waals surface area contributed by atoms with E-state index in [1.807, 2.05) is 23.1 Å². The van der Waals surface area contributed by atoms with Gasteiger partial charge in [-0.2, -0.15) is 0 Å². The number of hydrogen-bond acceptors (Lipinski definition) is 3. The molecule has 178 valence electrons. The fraction of sp³-hybridized carbons (Fsp3) is 0.393. The average molecular weight is 461 g/mol. The van der Waals surface area contributed by atoms with Crippen molar-refractivity contribution in [1.82, 2.24) is 20.0 Å². The summed E-state index contributed by atoms with van der Waals surface area (Å²) in [6.45, 7) is 8.34. The van der Waals surface area contributed by atoms with Crippen LogP contribution in [0.3, 0.4) is 0 Å². The molecule has 2 aliphatic rings. The van der Waals surface area contributed by atoms with Crippen molar-refractivity contribution in [2.45, 2.75) is 25.9 Å². The van der Waals surface area contributed by atoms with Gasteiger partial charge in [0.05, 0.1) is 0 Å². The lowest BCUT2D eigenvalue weighted by Crippen LogP contribution is -2.47. The van der Waals surface area contributed by atoms with Crippen molar-refractivity contribution in [2.75, 3.05) is 45.8 Å². The monoisotopic (exact) mass is 460 g/mol. The van der Waals surface area contributed by atoms with Crippen LogP contribution < -0.4 is 5.32 Å². The average Bonchev–Trinajstić information content (AvgIpc) is 2.87. The number of rotatable bonds is 6. The van der Waals surface area contributed by atoms with Gasteiger partial charge < -0.3 is 15.1 Å². The zero-order valence-corrected chi connectivity index (χ0v) is 19.7. The number of nitrogens with one attached hydrogen (secondary N) is 1. The molecule has 1 fully saturated rings. The predicted molar refractivity (Wildman–Crippen MR) is 134 cm³/mol. The first-order valence-corrected chi connectivity index (χ1v) is 12.4. The van der Waals surface area contributed by atoms with Crippen LogP contribution in [0.15, 0.2) is 60.7 Å². The Kier molecular flexibility index (Phi) is 7.07. The van der Waals surface area contributed by atoms with E-state index in [-0.39, 0.29) is 11.8 Å². The molecule has 3 aromatic carbocycles. The lowest BCUT2D eigenvalue weighted by atomic mass is 10.0. The third-order valence-corrected chi connectivity index (χ3v) is 7.08. The standard InChI is InChI=1S/C28H33FN4O/c29-27-9-8-24-18-22(6-7-25(24)19-27)20-32-16-14-31(15-17-32)12-3-11-30-28(34)33-13-10-23-4-1-2-5-26(23)21-33/h1-2,4-9,18-19H,3,10-17,20-21H2,(H,30,34). The molecule has 1 saturated heterocycles. The van der Waals surface area contributed by atoms with E-state index < -0.39 is 0 Å². The van der Waals surface area contributed by atoms with E-state index in [1.165, 1.54) is 22.8 Å². The molecule has 0 aromatic heterocycles. The zero-order chi connectivity index (χ0) is 23.3. The molecule has 2 amide bonds. The van der Waals surface area contributed by atoms with Crippen LogP contribution in [0.1, 0.15) is 23.1 Å². The van der Waals surface area contributed by atoms with Gasteiger partial charge in [0.25, 0.3) is 0 Å². The number of hydrogen-bond donors (Lipinski definition) is 1. The molecule has 0 unspecified atom stereocenters. The Morgan fingerprint density at radius 2 is 1.59 bits per heavy atom. The van der Waals surface area contributed by atoms with Crippen LogP contribution in [0.2, 0.25) is 0 Å². The topological polar surface area (TPSA) is 38.8 Å². The quantitative estimate of drug-likeness (QED) is 0.559. The molecule has 5 rings (SSSR count). The SMILES string of the molecule is O=C(NCCCN1CCN(Cc2ccc3cc(F)ccc3c2)CC1)N1CCc2ccccc2C1. The number of carbonyl (C=O) groups is 1. The fourth-order valence-corrected chi connectivity index (χ4v) is 5.07. The summed E-state index contributed by atoms with van der Waals surface area (Å²) >= 11 is 0. The molecule has 0 radical (unpaired) electrons. The molecule has 2 heterocycles. The predicted octanol–water partition coefficient (Wildman–Crippen LogP) is 4.25. The van der Waals surface area contributed by atoms with Crippen molar-refractivity contribution in [1.29, 1.82) is 0 Å². The smallest absolute Gasteiger partial charge is 0.317 e. The summed E-state index contributed by atoms with van der Waals surface area (Å²) in [4.78, 5) is 19.4. The molecule has 1 N–H and O–H groups in total. The summed E-state index contributed by atoms with van der Waals surface area (Å²) in [5, 5.41) is 5.15. The van der Waals surface area contributed by atoms with Crippen molar-refractivity contribution < 1.29 is 9.18 Å². The maximum Gasteiger partial charge on any atom is 0.317 e. The molecular weight excluding hydrogens is 427 g/mol. The van der Waals surface area contributed by atoms with Crippen LogP contribution in [-0.4, -0.2) is 66.5 Å². The lowest BCUT2D eigenvalue weighted by Gasteiger charge is -2.35. The van der Waals surface area contributed by atoms with Crippen LogP contribution in [0.25, 0.3) is 10.8 Å². The van der Waals surface area contributed by atoms with E-state index in [2.05, 4.69) is 45.4 Å². The third-order valence-electron chi connectivity index (χ3n) is 7.08. The number of benzene rings is 3. The zero-order valence-electron chi connectivity index (χ0n) is 19.7. The minimum absolute atomic E-state index is 0.0532. The highest BCUT2D eigenvalue weighted by Gasteiger charge is 2.20. The highest BCUT2D eigenvalue weighted by atomic mass is 19.1. The van der Waals surface area contributed by atoms with Gasteiger partial charge in [-0.05, 0) is 65.0 Å². The van der Waals surface area contributed by atoms with Gasteiger partial charge >= 0.3 is 6.03 Å². The van der Waals surface area contributed by atoms with E-state index in [4.69, 9.17) is 0 Å². The Bertz CT molecular complexity index is 1140. The Morgan fingerprint density at radius 1 is 0.853 bits per heavy atom. The number of fused-ring (bicyclic) bond motifs is 2. The maximum atomic E-state index is 13.4. The first-order chi connectivity index (χ1) is 16.6. The molecule has 3 aromatic rings. The number of halogens is 1. The molecule has 0 bridgehead atoms. The first kappa shape index (κ1) is 22.8. The molecule has 0 aliphatic carbocycles. The van der Waals surface area contributed by atoms with Crippen molar-refractivity contribution >= 4 is 16.8 Å². The van der Waals surface area contributed by atoms with Crippen molar-refractivity contribution in [2.24, 2.45) is 0 Å². The Hall–Kier alpha value is -2.96. The second kappa shape index (κ2) is 10.5. The fourth-order valence-electron chi connectivity index (χ4n) is 5.07. The van der Waals surface area contributed by atoms with Crippen LogP contribution in [0, 0.1) is 5.82 Å². The van der Waals surface area contributed by atoms with Gasteiger partial charge in [0.15, 0.2) is 0 Å².